The maximum absolute atomic E-state index is 11.4. The molecule has 1 atom stereocenters. The van der Waals surface area contributed by atoms with Crippen molar-refractivity contribution in [1.29, 1.82) is 0 Å². The molecule has 0 aliphatic carbocycles. The van der Waals surface area contributed by atoms with Crippen molar-refractivity contribution >= 4 is 35.1 Å². The van der Waals surface area contributed by atoms with Crippen molar-refractivity contribution in [2.75, 3.05) is 14.2 Å². The van der Waals surface area contributed by atoms with Crippen LogP contribution in [0, 0.1) is 0 Å². The minimum absolute atomic E-state index is 0.187. The maximum Gasteiger partial charge on any atom is 0.336 e. The number of aromatic carboxylic acids is 1. The fourth-order valence-electron chi connectivity index (χ4n) is 1.97. The van der Waals surface area contributed by atoms with Crippen LogP contribution >= 0.6 is 18.5 Å². The monoisotopic (exact) mass is 324 g/mol. The molecule has 0 aliphatic rings. The summed E-state index contributed by atoms with van der Waals surface area (Å²) in [6.07, 6.45) is 0. The van der Waals surface area contributed by atoms with Crippen molar-refractivity contribution in [3.8, 4) is 11.5 Å². The van der Waals surface area contributed by atoms with Crippen LogP contribution < -0.4 is 20.1 Å². The smallest absolute Gasteiger partial charge is 0.336 e. The minimum Gasteiger partial charge on any atom is -0.496 e. The Morgan fingerprint density at radius 2 is 1.62 bits per heavy atom. The summed E-state index contributed by atoms with van der Waals surface area (Å²) in [5, 5.41) is 10.5. The molecule has 0 aliphatic heterocycles. The number of methoxy groups -OCH3 is 2. The number of halogens is 1. The van der Waals surface area contributed by atoms with Crippen molar-refractivity contribution in [2.45, 2.75) is 0 Å². The molecule has 4 nitrogen and oxygen atoms in total. The topological polar surface area (TPSA) is 55.8 Å². The van der Waals surface area contributed by atoms with Gasteiger partial charge >= 0.3 is 5.97 Å². The Morgan fingerprint density at radius 1 is 1.05 bits per heavy atom. The van der Waals surface area contributed by atoms with Crippen LogP contribution in [-0.2, 0) is 0 Å². The summed E-state index contributed by atoms with van der Waals surface area (Å²) in [5.41, 5.74) is 0.187. The molecule has 21 heavy (non-hydrogen) atoms. The molecule has 2 aromatic carbocycles. The zero-order valence-corrected chi connectivity index (χ0v) is 13.2. The summed E-state index contributed by atoms with van der Waals surface area (Å²) < 4.78 is 10.7. The third-order valence-corrected chi connectivity index (χ3v) is 5.64. The van der Waals surface area contributed by atoms with E-state index in [1.54, 1.807) is 50.6 Å². The average Bonchev–Trinajstić information content (AvgIpc) is 2.53. The lowest BCUT2D eigenvalue weighted by atomic mass is 10.2. The van der Waals surface area contributed by atoms with E-state index in [0.29, 0.717) is 22.1 Å². The molecule has 2 rings (SSSR count). The lowest BCUT2D eigenvalue weighted by Gasteiger charge is -2.18. The van der Waals surface area contributed by atoms with Gasteiger partial charge in [-0.3, -0.25) is 0 Å². The normalized spacial score (nSPS) is 11.8. The third-order valence-electron chi connectivity index (χ3n) is 2.94. The predicted octanol–water partition coefficient (Wildman–Crippen LogP) is 2.99. The molecule has 0 aromatic heterocycles. The zero-order valence-electron chi connectivity index (χ0n) is 11.5. The van der Waals surface area contributed by atoms with E-state index >= 15 is 0 Å². The first kappa shape index (κ1) is 15.6. The zero-order chi connectivity index (χ0) is 15.4. The SMILES string of the molecule is COc1cccc(OC)c1P(Cl)c1ccccc1C(=O)O. The molecular formula is C15H14ClO4P. The molecule has 0 amide bonds. The van der Waals surface area contributed by atoms with E-state index in [0.717, 1.165) is 0 Å². The fourth-order valence-corrected chi connectivity index (χ4v) is 4.47. The molecular weight excluding hydrogens is 311 g/mol. The Morgan fingerprint density at radius 3 is 2.14 bits per heavy atom. The molecule has 0 spiro atoms. The molecule has 0 saturated carbocycles. The lowest BCUT2D eigenvalue weighted by molar-refractivity contribution is 0.0698. The van der Waals surface area contributed by atoms with Crippen LogP contribution in [0.2, 0.25) is 0 Å². The molecule has 2 aromatic rings. The molecule has 0 heterocycles. The van der Waals surface area contributed by atoms with Gasteiger partial charge in [0.2, 0.25) is 0 Å². The Kier molecular flexibility index (Phi) is 5.05. The highest BCUT2D eigenvalue weighted by atomic mass is 35.7. The number of hydrogen-bond donors (Lipinski definition) is 1. The summed E-state index contributed by atoms with van der Waals surface area (Å²) in [6, 6.07) is 12.0. The van der Waals surface area contributed by atoms with Gasteiger partial charge in [0, 0.05) is 5.30 Å². The highest BCUT2D eigenvalue weighted by Gasteiger charge is 2.24. The molecule has 0 saturated heterocycles. The van der Waals surface area contributed by atoms with Crippen LogP contribution in [0.1, 0.15) is 10.4 Å². The second-order valence-electron chi connectivity index (χ2n) is 4.11. The Hall–Kier alpha value is -1.77. The van der Waals surface area contributed by atoms with Gasteiger partial charge in [0.05, 0.1) is 32.4 Å². The first-order chi connectivity index (χ1) is 10.1. The Labute approximate surface area is 128 Å². The van der Waals surface area contributed by atoms with Crippen molar-refractivity contribution in [2.24, 2.45) is 0 Å². The highest BCUT2D eigenvalue weighted by Crippen LogP contribution is 2.46. The number of ether oxygens (including phenoxy) is 2. The highest BCUT2D eigenvalue weighted by molar-refractivity contribution is 7.96. The van der Waals surface area contributed by atoms with Crippen LogP contribution in [-0.4, -0.2) is 25.3 Å². The van der Waals surface area contributed by atoms with Gasteiger partial charge in [-0.25, -0.2) is 4.79 Å². The van der Waals surface area contributed by atoms with Crippen LogP contribution in [0.5, 0.6) is 11.5 Å². The number of carbonyl (C=O) groups is 1. The van der Waals surface area contributed by atoms with E-state index in [9.17, 15) is 9.90 Å². The fraction of sp³-hybridized carbons (Fsp3) is 0.133. The van der Waals surface area contributed by atoms with Gasteiger partial charge in [-0.05, 0) is 18.2 Å². The van der Waals surface area contributed by atoms with Crippen molar-refractivity contribution < 1.29 is 19.4 Å². The van der Waals surface area contributed by atoms with Crippen molar-refractivity contribution in [3.63, 3.8) is 0 Å². The van der Waals surface area contributed by atoms with E-state index in [1.165, 1.54) is 6.07 Å². The predicted molar refractivity (Wildman–Crippen MR) is 85.0 cm³/mol. The lowest BCUT2D eigenvalue weighted by Crippen LogP contribution is -2.19. The summed E-state index contributed by atoms with van der Waals surface area (Å²) in [6.45, 7) is 0. The molecule has 1 unspecified atom stereocenters. The van der Waals surface area contributed by atoms with Gasteiger partial charge in [-0.1, -0.05) is 35.5 Å². The van der Waals surface area contributed by atoms with Gasteiger partial charge in [-0.2, -0.15) is 0 Å². The summed E-state index contributed by atoms with van der Waals surface area (Å²) >= 11 is 6.59. The van der Waals surface area contributed by atoms with Gasteiger partial charge in [-0.15, -0.1) is 0 Å². The summed E-state index contributed by atoms with van der Waals surface area (Å²) in [5.74, 6) is 0.152. The van der Waals surface area contributed by atoms with E-state index in [1.807, 2.05) is 0 Å². The van der Waals surface area contributed by atoms with Gasteiger partial charge in [0.1, 0.15) is 11.5 Å². The largest absolute Gasteiger partial charge is 0.496 e. The number of rotatable bonds is 5. The van der Waals surface area contributed by atoms with Crippen LogP contribution in [0.15, 0.2) is 42.5 Å². The molecule has 0 bridgehead atoms. The first-order valence-electron chi connectivity index (χ1n) is 6.09. The Balaban J connectivity index is 2.60. The summed E-state index contributed by atoms with van der Waals surface area (Å²) in [4.78, 5) is 11.4. The van der Waals surface area contributed by atoms with Crippen LogP contribution in [0.25, 0.3) is 0 Å². The van der Waals surface area contributed by atoms with Gasteiger partial charge < -0.3 is 14.6 Å². The first-order valence-corrected chi connectivity index (χ1v) is 8.34. The molecule has 1 N–H and O–H groups in total. The molecule has 110 valence electrons. The van der Waals surface area contributed by atoms with Crippen molar-refractivity contribution in [3.05, 3.63) is 48.0 Å². The van der Waals surface area contributed by atoms with Crippen LogP contribution in [0.4, 0.5) is 0 Å². The van der Waals surface area contributed by atoms with Crippen molar-refractivity contribution in [1.82, 2.24) is 0 Å². The number of benzene rings is 2. The molecule has 0 radical (unpaired) electrons. The maximum atomic E-state index is 11.4. The van der Waals surface area contributed by atoms with E-state index < -0.39 is 13.2 Å². The number of carboxylic acid groups (broad SMARTS) is 1. The van der Waals surface area contributed by atoms with Crippen LogP contribution in [0.3, 0.4) is 0 Å². The second-order valence-corrected chi connectivity index (χ2v) is 6.62. The van der Waals surface area contributed by atoms with Gasteiger partial charge in [0.25, 0.3) is 0 Å². The summed E-state index contributed by atoms with van der Waals surface area (Å²) in [7, 11) is 1.65. The van der Waals surface area contributed by atoms with E-state index in [-0.39, 0.29) is 5.56 Å². The molecule has 0 fully saturated rings. The third kappa shape index (κ3) is 3.12. The standard InChI is InChI=1S/C15H14ClO4P/c1-19-11-7-5-8-12(20-2)14(11)21(16)13-9-4-3-6-10(13)15(17)18/h3-9H,1-2H3,(H,17,18). The quantitative estimate of drug-likeness (QED) is 0.859. The number of carboxylic acids is 1. The Bertz CT molecular complexity index is 638. The van der Waals surface area contributed by atoms with E-state index in [4.69, 9.17) is 20.7 Å². The second kappa shape index (κ2) is 6.79. The minimum atomic E-state index is -1.44. The molecule has 6 heteroatoms. The van der Waals surface area contributed by atoms with Gasteiger partial charge in [0.15, 0.2) is 0 Å². The number of hydrogen-bond acceptors (Lipinski definition) is 3. The van der Waals surface area contributed by atoms with E-state index in [2.05, 4.69) is 0 Å². The average molecular weight is 325 g/mol.